The average Bonchev–Trinajstić information content (AvgIpc) is 3.19. The maximum absolute atomic E-state index is 2.39. The molecule has 0 N–H and O–H groups in total. The van der Waals surface area contributed by atoms with Gasteiger partial charge in [0.2, 0.25) is 0 Å². The van der Waals surface area contributed by atoms with E-state index >= 15 is 0 Å². The maximum atomic E-state index is 2.39. The molecule has 1 heteroatoms. The molecule has 1 heterocycles. The highest BCUT2D eigenvalue weighted by molar-refractivity contribution is 6.09. The smallest absolute Gasteiger partial charge is 0.0541 e. The van der Waals surface area contributed by atoms with Gasteiger partial charge in [-0.15, -0.1) is 0 Å². The standard InChI is InChI=1S/C31H23N/c1-22-18-26(25-13-9-12-24(20-25)23-10-3-2-4-11-23)21-27(19-22)32-30-16-7-5-14-28(30)29-15-6-8-17-31(29)32/h2-21H,1H3. The van der Waals surface area contributed by atoms with Gasteiger partial charge >= 0.3 is 0 Å². The molecule has 0 amide bonds. The molecule has 152 valence electrons. The number of nitrogens with zero attached hydrogens (tertiary/aromatic N) is 1. The Balaban J connectivity index is 1.56. The quantitative estimate of drug-likeness (QED) is 0.276. The second-order valence-corrected chi connectivity index (χ2v) is 8.37. The second-order valence-electron chi connectivity index (χ2n) is 8.37. The summed E-state index contributed by atoms with van der Waals surface area (Å²) in [5.74, 6) is 0. The van der Waals surface area contributed by atoms with E-state index in [1.165, 1.54) is 55.3 Å². The van der Waals surface area contributed by atoms with Crippen molar-refractivity contribution in [2.24, 2.45) is 0 Å². The van der Waals surface area contributed by atoms with E-state index in [0.29, 0.717) is 0 Å². The Hall–Kier alpha value is -4.10. The second kappa shape index (κ2) is 7.55. The fraction of sp³-hybridized carbons (Fsp3) is 0.0323. The van der Waals surface area contributed by atoms with E-state index in [0.717, 1.165) is 0 Å². The number of aromatic nitrogens is 1. The fourth-order valence-corrected chi connectivity index (χ4v) is 4.77. The third kappa shape index (κ3) is 3.11. The largest absolute Gasteiger partial charge is 0.309 e. The van der Waals surface area contributed by atoms with Gasteiger partial charge in [0.05, 0.1) is 11.0 Å². The van der Waals surface area contributed by atoms with Crippen LogP contribution < -0.4 is 0 Å². The van der Waals surface area contributed by atoms with Gasteiger partial charge in [0.25, 0.3) is 0 Å². The SMILES string of the molecule is Cc1cc(-c2cccc(-c3ccccc3)c2)cc(-n2c3ccccc3c3ccccc32)c1. The van der Waals surface area contributed by atoms with Gasteiger partial charge in [0, 0.05) is 16.5 Å². The molecule has 0 bridgehead atoms. The molecule has 0 saturated carbocycles. The summed E-state index contributed by atoms with van der Waals surface area (Å²) < 4.78 is 2.39. The zero-order valence-electron chi connectivity index (χ0n) is 18.0. The van der Waals surface area contributed by atoms with Gasteiger partial charge in [-0.2, -0.15) is 0 Å². The molecule has 32 heavy (non-hydrogen) atoms. The average molecular weight is 410 g/mol. The molecule has 0 aliphatic rings. The molecular formula is C31H23N. The van der Waals surface area contributed by atoms with Crippen LogP contribution in [0.1, 0.15) is 5.56 Å². The zero-order valence-corrected chi connectivity index (χ0v) is 18.0. The van der Waals surface area contributed by atoms with Gasteiger partial charge in [0.1, 0.15) is 0 Å². The van der Waals surface area contributed by atoms with Crippen molar-refractivity contribution in [3.05, 3.63) is 127 Å². The fourth-order valence-electron chi connectivity index (χ4n) is 4.77. The van der Waals surface area contributed by atoms with E-state index in [9.17, 15) is 0 Å². The summed E-state index contributed by atoms with van der Waals surface area (Å²) in [4.78, 5) is 0. The maximum Gasteiger partial charge on any atom is 0.0541 e. The molecule has 6 aromatic rings. The van der Waals surface area contributed by atoms with Gasteiger partial charge in [-0.3, -0.25) is 0 Å². The van der Waals surface area contributed by atoms with Crippen LogP contribution in [0.5, 0.6) is 0 Å². The molecular weight excluding hydrogens is 386 g/mol. The lowest BCUT2D eigenvalue weighted by Crippen LogP contribution is -1.95. The molecule has 0 spiro atoms. The predicted molar refractivity (Wildman–Crippen MR) is 136 cm³/mol. The monoisotopic (exact) mass is 409 g/mol. The number of rotatable bonds is 3. The van der Waals surface area contributed by atoms with Crippen molar-refractivity contribution in [3.8, 4) is 27.9 Å². The zero-order chi connectivity index (χ0) is 21.5. The Morgan fingerprint density at radius 2 is 1.00 bits per heavy atom. The van der Waals surface area contributed by atoms with Crippen molar-refractivity contribution in [1.82, 2.24) is 4.57 Å². The third-order valence-electron chi connectivity index (χ3n) is 6.20. The summed E-state index contributed by atoms with van der Waals surface area (Å²) in [6.07, 6.45) is 0. The minimum atomic E-state index is 1.20. The minimum absolute atomic E-state index is 1.20. The molecule has 6 rings (SSSR count). The van der Waals surface area contributed by atoms with Crippen LogP contribution in [-0.2, 0) is 0 Å². The van der Waals surface area contributed by atoms with Crippen LogP contribution in [0.25, 0.3) is 49.7 Å². The van der Waals surface area contributed by atoms with Gasteiger partial charge in [-0.05, 0) is 65.1 Å². The molecule has 0 saturated heterocycles. The predicted octanol–water partition coefficient (Wildman–Crippen LogP) is 8.43. The summed E-state index contributed by atoms with van der Waals surface area (Å²) in [6.45, 7) is 2.18. The summed E-state index contributed by atoms with van der Waals surface area (Å²) in [6, 6.07) is 43.6. The molecule has 1 nitrogen and oxygen atoms in total. The lowest BCUT2D eigenvalue weighted by molar-refractivity contribution is 1.17. The number of hydrogen-bond donors (Lipinski definition) is 0. The first kappa shape index (κ1) is 18.7. The normalized spacial score (nSPS) is 11.3. The molecule has 5 aromatic carbocycles. The number of benzene rings is 5. The lowest BCUT2D eigenvalue weighted by atomic mass is 9.97. The molecule has 1 aromatic heterocycles. The van der Waals surface area contributed by atoms with E-state index in [1.54, 1.807) is 0 Å². The first-order valence-corrected chi connectivity index (χ1v) is 11.0. The highest BCUT2D eigenvalue weighted by Gasteiger charge is 2.13. The summed E-state index contributed by atoms with van der Waals surface area (Å²) in [5.41, 5.74) is 9.88. The number of para-hydroxylation sites is 2. The van der Waals surface area contributed by atoms with Crippen LogP contribution in [0.15, 0.2) is 121 Å². The first-order valence-electron chi connectivity index (χ1n) is 11.0. The topological polar surface area (TPSA) is 4.93 Å². The van der Waals surface area contributed by atoms with Crippen molar-refractivity contribution >= 4 is 21.8 Å². The molecule has 0 atom stereocenters. The van der Waals surface area contributed by atoms with Crippen molar-refractivity contribution in [3.63, 3.8) is 0 Å². The Morgan fingerprint density at radius 1 is 0.438 bits per heavy atom. The van der Waals surface area contributed by atoms with Gasteiger partial charge in [0.15, 0.2) is 0 Å². The van der Waals surface area contributed by atoms with Crippen LogP contribution in [0.2, 0.25) is 0 Å². The van der Waals surface area contributed by atoms with E-state index in [2.05, 4.69) is 133 Å². The van der Waals surface area contributed by atoms with E-state index in [1.807, 2.05) is 0 Å². The van der Waals surface area contributed by atoms with Crippen molar-refractivity contribution < 1.29 is 0 Å². The molecule has 0 unspecified atom stereocenters. The van der Waals surface area contributed by atoms with Gasteiger partial charge < -0.3 is 4.57 Å². The molecule has 0 fully saturated rings. The highest BCUT2D eigenvalue weighted by atomic mass is 15.0. The Kier molecular flexibility index (Phi) is 4.40. The lowest BCUT2D eigenvalue weighted by Gasteiger charge is -2.13. The van der Waals surface area contributed by atoms with Crippen molar-refractivity contribution in [2.45, 2.75) is 6.92 Å². The number of aryl methyl sites for hydroxylation is 1. The van der Waals surface area contributed by atoms with Crippen LogP contribution >= 0.6 is 0 Å². The van der Waals surface area contributed by atoms with Crippen LogP contribution in [0.4, 0.5) is 0 Å². The Morgan fingerprint density at radius 3 is 1.69 bits per heavy atom. The van der Waals surface area contributed by atoms with E-state index in [-0.39, 0.29) is 0 Å². The van der Waals surface area contributed by atoms with E-state index in [4.69, 9.17) is 0 Å². The molecule has 0 aliphatic heterocycles. The van der Waals surface area contributed by atoms with E-state index < -0.39 is 0 Å². The number of hydrogen-bond acceptors (Lipinski definition) is 0. The number of fused-ring (bicyclic) bond motifs is 3. The van der Waals surface area contributed by atoms with Crippen LogP contribution in [0, 0.1) is 6.92 Å². The summed E-state index contributed by atoms with van der Waals surface area (Å²) in [5, 5.41) is 2.58. The van der Waals surface area contributed by atoms with Crippen LogP contribution in [-0.4, -0.2) is 4.57 Å². The van der Waals surface area contributed by atoms with Gasteiger partial charge in [-0.25, -0.2) is 0 Å². The molecule has 0 aliphatic carbocycles. The third-order valence-corrected chi connectivity index (χ3v) is 6.20. The van der Waals surface area contributed by atoms with Crippen LogP contribution in [0.3, 0.4) is 0 Å². The van der Waals surface area contributed by atoms with Gasteiger partial charge in [-0.1, -0.05) is 91.0 Å². The Bertz CT molecular complexity index is 1520. The summed E-state index contributed by atoms with van der Waals surface area (Å²) in [7, 11) is 0. The minimum Gasteiger partial charge on any atom is -0.309 e. The van der Waals surface area contributed by atoms with Crippen molar-refractivity contribution in [1.29, 1.82) is 0 Å². The highest BCUT2D eigenvalue weighted by Crippen LogP contribution is 2.34. The Labute approximate surface area is 188 Å². The van der Waals surface area contributed by atoms with Crippen molar-refractivity contribution in [2.75, 3.05) is 0 Å². The molecule has 0 radical (unpaired) electrons. The summed E-state index contributed by atoms with van der Waals surface area (Å²) >= 11 is 0. The first-order chi connectivity index (χ1) is 15.8.